The van der Waals surface area contributed by atoms with E-state index in [9.17, 15) is 0 Å². The van der Waals surface area contributed by atoms with E-state index < -0.39 is 0 Å². The molecule has 0 N–H and O–H groups in total. The van der Waals surface area contributed by atoms with Crippen LogP contribution in [-0.4, -0.2) is 11.2 Å². The number of aromatic nitrogens is 1. The molecule has 0 aliphatic heterocycles. The maximum absolute atomic E-state index is 4.74. The molecule has 4 aromatic carbocycles. The van der Waals surface area contributed by atoms with Gasteiger partial charge in [0.25, 0.3) is 0 Å². The van der Waals surface area contributed by atoms with E-state index in [2.05, 4.69) is 47.5 Å². The van der Waals surface area contributed by atoms with Gasteiger partial charge in [-0.05, 0) is 28.2 Å². The summed E-state index contributed by atoms with van der Waals surface area (Å²) in [7, 11) is 0. The first-order valence-corrected chi connectivity index (χ1v) is 9.84. The Balaban J connectivity index is 0.00000231. The Morgan fingerprint density at radius 1 is 0.774 bits per heavy atom. The fourth-order valence-electron chi connectivity index (χ4n) is 3.54. The summed E-state index contributed by atoms with van der Waals surface area (Å²) in [6.07, 6.45) is 9.02. The predicted octanol–water partition coefficient (Wildman–Crippen LogP) is 6.80. The van der Waals surface area contributed by atoms with Crippen LogP contribution in [0.4, 0.5) is 5.69 Å². The Hall–Kier alpha value is -3.35. The van der Waals surface area contributed by atoms with E-state index in [1.54, 1.807) is 0 Å². The van der Waals surface area contributed by atoms with E-state index in [0.717, 1.165) is 33.3 Å². The van der Waals surface area contributed by atoms with Crippen LogP contribution in [0.25, 0.3) is 27.6 Å². The molecule has 0 fully saturated rings. The van der Waals surface area contributed by atoms with Gasteiger partial charge in [-0.1, -0.05) is 66.9 Å². The van der Waals surface area contributed by atoms with Crippen LogP contribution in [0.15, 0.2) is 102 Å². The van der Waals surface area contributed by atoms with Crippen LogP contribution in [0.3, 0.4) is 0 Å². The number of pyridine rings is 1. The zero-order valence-electron chi connectivity index (χ0n) is 16.6. The molecular formula is C28H18N2Pt. The van der Waals surface area contributed by atoms with Crippen molar-refractivity contribution in [2.24, 2.45) is 4.99 Å². The van der Waals surface area contributed by atoms with Gasteiger partial charge in [0.05, 0.1) is 0 Å². The van der Waals surface area contributed by atoms with Crippen molar-refractivity contribution in [3.05, 3.63) is 126 Å². The van der Waals surface area contributed by atoms with E-state index in [1.807, 2.05) is 79.2 Å². The summed E-state index contributed by atoms with van der Waals surface area (Å²) in [5.41, 5.74) is 3.65. The summed E-state index contributed by atoms with van der Waals surface area (Å²) in [4.78, 5) is 9.26. The van der Waals surface area contributed by atoms with Crippen LogP contribution in [0.5, 0.6) is 0 Å². The van der Waals surface area contributed by atoms with Gasteiger partial charge in [-0.15, -0.1) is 64.4 Å². The molecule has 0 bridgehead atoms. The third-order valence-corrected chi connectivity index (χ3v) is 5.06. The zero-order chi connectivity index (χ0) is 20.2. The molecule has 5 rings (SSSR count). The summed E-state index contributed by atoms with van der Waals surface area (Å²) in [5.74, 6) is 0. The van der Waals surface area contributed by atoms with Crippen LogP contribution in [0.1, 0.15) is 16.8 Å². The van der Waals surface area contributed by atoms with E-state index in [4.69, 9.17) is 4.99 Å². The average Bonchev–Trinajstić information content (AvgIpc) is 2.82. The van der Waals surface area contributed by atoms with Crippen molar-refractivity contribution in [2.45, 2.75) is 0 Å². The molecule has 3 heteroatoms. The molecule has 1 aromatic heterocycles. The topological polar surface area (TPSA) is 25.2 Å². The molecule has 0 saturated heterocycles. The minimum Gasteiger partial charge on any atom is -0.352 e. The van der Waals surface area contributed by atoms with Crippen molar-refractivity contribution in [3.63, 3.8) is 0 Å². The third-order valence-electron chi connectivity index (χ3n) is 5.06. The van der Waals surface area contributed by atoms with Crippen molar-refractivity contribution >= 4 is 39.5 Å². The van der Waals surface area contributed by atoms with Gasteiger partial charge < -0.3 is 9.98 Å². The van der Waals surface area contributed by atoms with E-state index in [1.165, 1.54) is 10.8 Å². The Morgan fingerprint density at radius 3 is 2.35 bits per heavy atom. The van der Waals surface area contributed by atoms with Gasteiger partial charge in [0.15, 0.2) is 0 Å². The summed E-state index contributed by atoms with van der Waals surface area (Å²) >= 11 is 0. The van der Waals surface area contributed by atoms with E-state index >= 15 is 0 Å². The van der Waals surface area contributed by atoms with Gasteiger partial charge in [-0.25, -0.2) is 0 Å². The number of aliphatic imine (C=N–C) groups is 1. The predicted molar refractivity (Wildman–Crippen MR) is 125 cm³/mol. The Bertz CT molecular complexity index is 1280. The van der Waals surface area contributed by atoms with Gasteiger partial charge in [0.2, 0.25) is 0 Å². The third kappa shape index (κ3) is 4.55. The molecule has 2 nitrogen and oxygen atoms in total. The first kappa shape index (κ1) is 20.9. The van der Waals surface area contributed by atoms with Crippen molar-refractivity contribution in [1.29, 1.82) is 0 Å². The normalized spacial score (nSPS) is 11.4. The Morgan fingerprint density at radius 2 is 1.48 bits per heavy atom. The number of rotatable bonds is 4. The first-order valence-electron chi connectivity index (χ1n) is 9.84. The zero-order valence-corrected chi connectivity index (χ0v) is 18.9. The molecule has 0 spiro atoms. The Labute approximate surface area is 196 Å². The van der Waals surface area contributed by atoms with Gasteiger partial charge in [-0.3, -0.25) is 0 Å². The monoisotopic (exact) mass is 577 g/mol. The molecular weight excluding hydrogens is 559 g/mol. The van der Waals surface area contributed by atoms with E-state index in [0.29, 0.717) is 0 Å². The molecule has 150 valence electrons. The molecule has 1 heterocycles. The Kier molecular flexibility index (Phi) is 6.50. The quantitative estimate of drug-likeness (QED) is 0.170. The molecule has 0 amide bonds. The van der Waals surface area contributed by atoms with Crippen LogP contribution in [0.2, 0.25) is 0 Å². The van der Waals surface area contributed by atoms with Crippen LogP contribution >= 0.6 is 0 Å². The molecule has 0 aliphatic rings. The molecule has 0 radical (unpaired) electrons. The minimum atomic E-state index is 0. The van der Waals surface area contributed by atoms with E-state index in [-0.39, 0.29) is 21.1 Å². The first-order chi connectivity index (χ1) is 14.9. The molecule has 0 saturated carbocycles. The van der Waals surface area contributed by atoms with Crippen molar-refractivity contribution in [3.8, 4) is 0 Å². The summed E-state index contributed by atoms with van der Waals surface area (Å²) in [5, 5.41) is 4.59. The smallest absolute Gasteiger partial charge is 0.352 e. The summed E-state index contributed by atoms with van der Waals surface area (Å²) < 4.78 is 0. The van der Waals surface area contributed by atoms with Crippen LogP contribution < -0.4 is 0 Å². The fraction of sp³-hybridized carbons (Fsp3) is 0. The number of fused-ring (bicyclic) bond motifs is 2. The second-order valence-electron chi connectivity index (χ2n) is 6.96. The maximum Gasteiger partial charge on any atom is 2.00 e. The number of hydrogen-bond donors (Lipinski definition) is 0. The van der Waals surface area contributed by atoms with Crippen molar-refractivity contribution < 1.29 is 21.1 Å². The maximum atomic E-state index is 4.74. The average molecular weight is 578 g/mol. The minimum absolute atomic E-state index is 0. The van der Waals surface area contributed by atoms with Gasteiger partial charge in [-0.2, -0.15) is 0 Å². The molecule has 0 atom stereocenters. The molecule has 5 aromatic rings. The van der Waals surface area contributed by atoms with Crippen LogP contribution in [-0.2, 0) is 21.1 Å². The molecule has 0 unspecified atom stereocenters. The summed E-state index contributed by atoms with van der Waals surface area (Å²) in [6.45, 7) is 0. The number of para-hydroxylation sites is 1. The van der Waals surface area contributed by atoms with Crippen molar-refractivity contribution in [1.82, 2.24) is 4.98 Å². The second kappa shape index (κ2) is 9.64. The largest absolute Gasteiger partial charge is 2.00 e. The van der Waals surface area contributed by atoms with Gasteiger partial charge in [0.1, 0.15) is 0 Å². The number of benzene rings is 4. The summed E-state index contributed by atoms with van der Waals surface area (Å²) in [6, 6.07) is 33.8. The van der Waals surface area contributed by atoms with Gasteiger partial charge in [0, 0.05) is 6.20 Å². The van der Waals surface area contributed by atoms with Crippen molar-refractivity contribution in [2.75, 3.05) is 0 Å². The van der Waals surface area contributed by atoms with Gasteiger partial charge >= 0.3 is 21.1 Å². The number of hydrogen-bond acceptors (Lipinski definition) is 2. The fourth-order valence-corrected chi connectivity index (χ4v) is 3.54. The SMILES string of the molecule is [C-](=Cc1nccc2ccccc12)c1ccccc1N=Cc1[c-]ccc2ccccc12.[Pt+2]. The standard InChI is InChI=1S/C28H18N2.Pt/c1-4-13-25-21(8-1)11-7-12-24(25)20-30-27-15-6-3-10-23(27)16-17-28-26-14-5-2-9-22(26)18-19-29-28;/h1-11,13-15,17-20H;/q-2;+2. The molecule has 0 aliphatic carbocycles. The number of nitrogens with zero attached hydrogens (tertiary/aromatic N) is 2. The second-order valence-corrected chi connectivity index (χ2v) is 6.96. The molecule has 31 heavy (non-hydrogen) atoms. The van der Waals surface area contributed by atoms with Crippen LogP contribution in [0, 0.1) is 12.1 Å².